The maximum absolute atomic E-state index is 14.0. The van der Waals surface area contributed by atoms with E-state index in [1.165, 1.54) is 6.07 Å². The number of rotatable bonds is 6. The van der Waals surface area contributed by atoms with E-state index in [2.05, 4.69) is 30.9 Å². The molecule has 3 heteroatoms. The van der Waals surface area contributed by atoms with Crippen molar-refractivity contribution in [2.75, 3.05) is 18.0 Å². The molecule has 0 amide bonds. The smallest absolute Gasteiger partial charge is 0.126 e. The van der Waals surface area contributed by atoms with Gasteiger partial charge in [-0.2, -0.15) is 0 Å². The van der Waals surface area contributed by atoms with Crippen molar-refractivity contribution in [2.24, 2.45) is 5.73 Å². The molecule has 0 aromatic heterocycles. The van der Waals surface area contributed by atoms with Crippen molar-refractivity contribution < 1.29 is 4.39 Å². The van der Waals surface area contributed by atoms with E-state index in [1.54, 1.807) is 6.07 Å². The van der Waals surface area contributed by atoms with Gasteiger partial charge >= 0.3 is 0 Å². The third kappa shape index (κ3) is 3.42. The van der Waals surface area contributed by atoms with E-state index in [0.29, 0.717) is 18.5 Å². The average molecular weight is 286 g/mol. The topological polar surface area (TPSA) is 29.3 Å². The highest BCUT2D eigenvalue weighted by atomic mass is 19.1. The van der Waals surface area contributed by atoms with E-state index in [0.717, 1.165) is 12.2 Å². The van der Waals surface area contributed by atoms with Crippen LogP contribution < -0.4 is 10.6 Å². The second-order valence-electron chi connectivity index (χ2n) is 5.55. The molecule has 0 aliphatic carbocycles. The molecule has 2 rings (SSSR count). The molecular weight excluding hydrogens is 263 g/mol. The zero-order valence-electron chi connectivity index (χ0n) is 12.7. The zero-order valence-corrected chi connectivity index (χ0v) is 12.7. The van der Waals surface area contributed by atoms with Gasteiger partial charge in [0.2, 0.25) is 0 Å². The number of benzene rings is 2. The molecule has 0 heterocycles. The third-order valence-corrected chi connectivity index (χ3v) is 4.00. The minimum atomic E-state index is -0.321. The van der Waals surface area contributed by atoms with Crippen LogP contribution in [0.15, 0.2) is 54.6 Å². The van der Waals surface area contributed by atoms with Crippen LogP contribution in [0.25, 0.3) is 0 Å². The lowest BCUT2D eigenvalue weighted by Crippen LogP contribution is -2.53. The summed E-state index contributed by atoms with van der Waals surface area (Å²) >= 11 is 0. The first-order valence-corrected chi connectivity index (χ1v) is 7.37. The number of anilines is 1. The SMILES string of the molecule is CCN(c1ccccc1)C(C)(CN)Cc1ccccc1F. The highest BCUT2D eigenvalue weighted by molar-refractivity contribution is 5.49. The second kappa shape index (κ2) is 6.72. The van der Waals surface area contributed by atoms with Crippen LogP contribution in [0.4, 0.5) is 10.1 Å². The molecule has 2 aromatic rings. The van der Waals surface area contributed by atoms with Crippen LogP contribution in [0.5, 0.6) is 0 Å². The molecule has 0 saturated heterocycles. The Morgan fingerprint density at radius 1 is 1.05 bits per heavy atom. The molecule has 0 aliphatic heterocycles. The molecule has 1 atom stereocenters. The van der Waals surface area contributed by atoms with Gasteiger partial charge in [0.15, 0.2) is 0 Å². The first-order valence-electron chi connectivity index (χ1n) is 7.37. The Morgan fingerprint density at radius 3 is 2.24 bits per heavy atom. The van der Waals surface area contributed by atoms with Crippen LogP contribution >= 0.6 is 0 Å². The van der Waals surface area contributed by atoms with Gasteiger partial charge < -0.3 is 10.6 Å². The molecule has 0 spiro atoms. The molecule has 0 fully saturated rings. The maximum Gasteiger partial charge on any atom is 0.126 e. The molecule has 2 aromatic carbocycles. The Labute approximate surface area is 126 Å². The molecular formula is C18H23FN2. The van der Waals surface area contributed by atoms with E-state index in [9.17, 15) is 4.39 Å². The van der Waals surface area contributed by atoms with Gasteiger partial charge in [0.1, 0.15) is 5.82 Å². The molecule has 0 saturated carbocycles. The monoisotopic (exact) mass is 286 g/mol. The largest absolute Gasteiger partial charge is 0.365 e. The second-order valence-corrected chi connectivity index (χ2v) is 5.55. The van der Waals surface area contributed by atoms with Crippen molar-refractivity contribution in [3.8, 4) is 0 Å². The molecule has 2 N–H and O–H groups in total. The quantitative estimate of drug-likeness (QED) is 0.879. The number of para-hydroxylation sites is 1. The number of hydrogen-bond donors (Lipinski definition) is 1. The summed E-state index contributed by atoms with van der Waals surface area (Å²) in [4.78, 5) is 2.25. The normalized spacial score (nSPS) is 13.7. The Bertz CT molecular complexity index is 570. The summed E-state index contributed by atoms with van der Waals surface area (Å²) in [6.45, 7) is 5.48. The van der Waals surface area contributed by atoms with Crippen molar-refractivity contribution in [1.82, 2.24) is 0 Å². The summed E-state index contributed by atoms with van der Waals surface area (Å²) in [6, 6.07) is 17.1. The summed E-state index contributed by atoms with van der Waals surface area (Å²) in [5.74, 6) is -0.165. The number of nitrogens with two attached hydrogens (primary N) is 1. The summed E-state index contributed by atoms with van der Waals surface area (Å²) in [6.07, 6.45) is 0.582. The Kier molecular flexibility index (Phi) is 4.97. The fourth-order valence-electron chi connectivity index (χ4n) is 2.81. The van der Waals surface area contributed by atoms with Crippen LogP contribution in [-0.2, 0) is 6.42 Å². The number of nitrogens with zero attached hydrogens (tertiary/aromatic N) is 1. The van der Waals surface area contributed by atoms with E-state index in [1.807, 2.05) is 30.3 Å². The van der Waals surface area contributed by atoms with Crippen molar-refractivity contribution in [3.05, 3.63) is 66.0 Å². The lowest BCUT2D eigenvalue weighted by molar-refractivity contribution is 0.424. The molecule has 112 valence electrons. The molecule has 2 nitrogen and oxygen atoms in total. The van der Waals surface area contributed by atoms with Gasteiger partial charge in [-0.15, -0.1) is 0 Å². The first kappa shape index (κ1) is 15.5. The lowest BCUT2D eigenvalue weighted by atomic mass is 9.90. The summed E-state index contributed by atoms with van der Waals surface area (Å²) < 4.78 is 14.0. The average Bonchev–Trinajstić information content (AvgIpc) is 2.51. The van der Waals surface area contributed by atoms with Crippen molar-refractivity contribution in [3.63, 3.8) is 0 Å². The van der Waals surface area contributed by atoms with Gasteiger partial charge in [-0.1, -0.05) is 36.4 Å². The van der Waals surface area contributed by atoms with Gasteiger partial charge in [-0.05, 0) is 44.0 Å². The summed E-state index contributed by atoms with van der Waals surface area (Å²) in [7, 11) is 0. The van der Waals surface area contributed by atoms with Crippen LogP contribution in [0.3, 0.4) is 0 Å². The predicted molar refractivity (Wildman–Crippen MR) is 87.0 cm³/mol. The van der Waals surface area contributed by atoms with E-state index in [-0.39, 0.29) is 11.4 Å². The Morgan fingerprint density at radius 2 is 1.67 bits per heavy atom. The standard InChI is InChI=1S/C18H23FN2/c1-3-21(16-10-5-4-6-11-16)18(2,14-20)13-15-9-7-8-12-17(15)19/h4-12H,3,13-14,20H2,1-2H3. The van der Waals surface area contributed by atoms with Gasteiger partial charge in [-0.25, -0.2) is 4.39 Å². The van der Waals surface area contributed by atoms with E-state index in [4.69, 9.17) is 5.73 Å². The Balaban J connectivity index is 2.33. The van der Waals surface area contributed by atoms with E-state index >= 15 is 0 Å². The summed E-state index contributed by atoms with van der Waals surface area (Å²) in [5, 5.41) is 0. The molecule has 0 bridgehead atoms. The predicted octanol–water partition coefficient (Wildman–Crippen LogP) is 3.61. The van der Waals surface area contributed by atoms with Crippen molar-refractivity contribution in [1.29, 1.82) is 0 Å². The van der Waals surface area contributed by atoms with Crippen molar-refractivity contribution >= 4 is 5.69 Å². The molecule has 1 unspecified atom stereocenters. The highest BCUT2D eigenvalue weighted by Crippen LogP contribution is 2.27. The molecule has 0 aliphatic rings. The Hall–Kier alpha value is -1.87. The number of hydrogen-bond acceptors (Lipinski definition) is 2. The van der Waals surface area contributed by atoms with Gasteiger partial charge in [0.05, 0.1) is 5.54 Å². The van der Waals surface area contributed by atoms with E-state index < -0.39 is 0 Å². The fourth-order valence-corrected chi connectivity index (χ4v) is 2.81. The van der Waals surface area contributed by atoms with Gasteiger partial charge in [0.25, 0.3) is 0 Å². The maximum atomic E-state index is 14.0. The molecule has 0 radical (unpaired) electrons. The fraction of sp³-hybridized carbons (Fsp3) is 0.333. The third-order valence-electron chi connectivity index (χ3n) is 4.00. The summed E-state index contributed by atoms with van der Waals surface area (Å²) in [5.41, 5.74) is 7.56. The lowest BCUT2D eigenvalue weighted by Gasteiger charge is -2.42. The van der Waals surface area contributed by atoms with Crippen LogP contribution in [0.1, 0.15) is 19.4 Å². The van der Waals surface area contributed by atoms with Crippen molar-refractivity contribution in [2.45, 2.75) is 25.8 Å². The van der Waals surface area contributed by atoms with Gasteiger partial charge in [0, 0.05) is 18.8 Å². The van der Waals surface area contributed by atoms with Gasteiger partial charge in [-0.3, -0.25) is 0 Å². The number of likely N-dealkylation sites (N-methyl/N-ethyl adjacent to an activating group) is 1. The minimum Gasteiger partial charge on any atom is -0.365 e. The zero-order chi connectivity index (χ0) is 15.3. The van der Waals surface area contributed by atoms with Crippen LogP contribution in [-0.4, -0.2) is 18.6 Å². The minimum absolute atomic E-state index is 0.165. The highest BCUT2D eigenvalue weighted by Gasteiger charge is 2.30. The first-order chi connectivity index (χ1) is 10.1. The van der Waals surface area contributed by atoms with Crippen LogP contribution in [0.2, 0.25) is 0 Å². The number of halogens is 1. The molecule has 21 heavy (non-hydrogen) atoms. The van der Waals surface area contributed by atoms with Crippen LogP contribution in [0, 0.1) is 5.82 Å².